The molecule has 0 saturated carbocycles. The van der Waals surface area contributed by atoms with Crippen LogP contribution in [0.1, 0.15) is 59.3 Å². The van der Waals surface area contributed by atoms with Gasteiger partial charge in [-0.05, 0) is 61.7 Å². The van der Waals surface area contributed by atoms with E-state index in [4.69, 9.17) is 28.4 Å². The van der Waals surface area contributed by atoms with E-state index in [9.17, 15) is 30.6 Å². The Kier molecular flexibility index (Phi) is 19.1. The van der Waals surface area contributed by atoms with E-state index in [1.54, 1.807) is 42.5 Å². The fourth-order valence-corrected chi connectivity index (χ4v) is 5.39. The summed E-state index contributed by atoms with van der Waals surface area (Å²) in [6.45, 7) is 8.07. The maximum Gasteiger partial charge on any atom is 0.164 e. The van der Waals surface area contributed by atoms with Gasteiger partial charge in [-0.15, -0.1) is 0 Å². The van der Waals surface area contributed by atoms with Gasteiger partial charge in [-0.2, -0.15) is 0 Å². The number of aliphatic hydroxyl groups is 3. The monoisotopic (exact) mass is 794 g/mol. The van der Waals surface area contributed by atoms with Gasteiger partial charge < -0.3 is 59.1 Å². The zero-order valence-corrected chi connectivity index (χ0v) is 33.1. The number of unbranched alkanes of at least 4 members (excludes halogenated alkanes) is 3. The highest BCUT2D eigenvalue weighted by molar-refractivity contribution is 5.78. The van der Waals surface area contributed by atoms with Gasteiger partial charge in [-0.1, -0.05) is 40.0 Å². The molecular formula is C43H58N2O12. The molecule has 0 aliphatic carbocycles. The Morgan fingerprint density at radius 2 is 0.789 bits per heavy atom. The van der Waals surface area contributed by atoms with Crippen molar-refractivity contribution in [1.82, 2.24) is 9.97 Å². The number of aromatic nitrogens is 2. The van der Waals surface area contributed by atoms with Gasteiger partial charge >= 0.3 is 0 Å². The van der Waals surface area contributed by atoms with Crippen LogP contribution in [0.15, 0.2) is 60.7 Å². The molecule has 14 heteroatoms. The summed E-state index contributed by atoms with van der Waals surface area (Å²) in [6.07, 6.45) is 3.09. The van der Waals surface area contributed by atoms with E-state index in [0.29, 0.717) is 48.2 Å². The molecule has 0 fully saturated rings. The van der Waals surface area contributed by atoms with Crippen molar-refractivity contribution in [3.05, 3.63) is 60.7 Å². The molecular weight excluding hydrogens is 736 g/mol. The maximum atomic E-state index is 11.2. The summed E-state index contributed by atoms with van der Waals surface area (Å²) in [7, 11) is 0. The summed E-state index contributed by atoms with van der Waals surface area (Å²) >= 11 is 0. The molecule has 0 aliphatic heterocycles. The van der Waals surface area contributed by atoms with Gasteiger partial charge in [-0.25, -0.2) is 9.97 Å². The molecule has 4 aromatic rings. The largest absolute Gasteiger partial charge is 0.507 e. The predicted octanol–water partition coefficient (Wildman–Crippen LogP) is 6.26. The molecule has 0 spiro atoms. The minimum atomic E-state index is -0.857. The Labute approximate surface area is 334 Å². The van der Waals surface area contributed by atoms with Crippen LogP contribution in [0, 0.1) is 0 Å². The van der Waals surface area contributed by atoms with Gasteiger partial charge in [-0.3, -0.25) is 0 Å². The lowest BCUT2D eigenvalue weighted by Crippen LogP contribution is -2.23. The van der Waals surface area contributed by atoms with Crippen LogP contribution in [0.4, 0.5) is 0 Å². The second-order valence-electron chi connectivity index (χ2n) is 13.7. The lowest BCUT2D eigenvalue weighted by molar-refractivity contribution is 0.0113. The molecule has 0 amide bonds. The van der Waals surface area contributed by atoms with Gasteiger partial charge in [0.15, 0.2) is 5.82 Å². The Morgan fingerprint density at radius 1 is 0.456 bits per heavy atom. The molecule has 1 heterocycles. The van der Waals surface area contributed by atoms with Crippen LogP contribution in [0.25, 0.3) is 33.9 Å². The molecule has 3 unspecified atom stereocenters. The maximum absolute atomic E-state index is 11.2. The zero-order chi connectivity index (χ0) is 41.0. The SMILES string of the molecule is CCCCOCC(O)COc1ccc(-c2cc(-c3ccc(OCC(O)COCCCC)cc3O)nc(-c3ccc(OCC(O)COCCCC)cc3O)n2)c(O)c1. The van der Waals surface area contributed by atoms with Crippen molar-refractivity contribution in [1.29, 1.82) is 0 Å². The first-order chi connectivity index (χ1) is 27.6. The highest BCUT2D eigenvalue weighted by Gasteiger charge is 2.19. The third kappa shape index (κ3) is 15.0. The van der Waals surface area contributed by atoms with Crippen LogP contribution in [0.3, 0.4) is 0 Å². The number of aliphatic hydroxyl groups excluding tert-OH is 3. The number of benzene rings is 3. The fourth-order valence-electron chi connectivity index (χ4n) is 5.39. The first-order valence-corrected chi connectivity index (χ1v) is 19.7. The lowest BCUT2D eigenvalue weighted by atomic mass is 10.0. The Balaban J connectivity index is 1.59. The second kappa shape index (κ2) is 24.2. The first kappa shape index (κ1) is 45.0. The van der Waals surface area contributed by atoms with Crippen molar-refractivity contribution < 1.29 is 59.1 Å². The molecule has 6 N–H and O–H groups in total. The molecule has 3 atom stereocenters. The van der Waals surface area contributed by atoms with E-state index >= 15 is 0 Å². The van der Waals surface area contributed by atoms with Crippen LogP contribution in [0.5, 0.6) is 34.5 Å². The van der Waals surface area contributed by atoms with Crippen LogP contribution in [0.2, 0.25) is 0 Å². The number of phenols is 3. The van der Waals surface area contributed by atoms with Gasteiger partial charge in [0, 0.05) is 49.1 Å². The van der Waals surface area contributed by atoms with Crippen molar-refractivity contribution in [2.45, 2.75) is 77.6 Å². The molecule has 0 bridgehead atoms. The molecule has 14 nitrogen and oxygen atoms in total. The van der Waals surface area contributed by atoms with E-state index in [0.717, 1.165) is 38.5 Å². The molecule has 4 rings (SSSR count). The van der Waals surface area contributed by atoms with Crippen molar-refractivity contribution >= 4 is 0 Å². The summed E-state index contributed by atoms with van der Waals surface area (Å²) in [5.41, 5.74) is 1.37. The van der Waals surface area contributed by atoms with Crippen LogP contribution in [-0.4, -0.2) is 118 Å². The molecule has 1 aromatic heterocycles. The molecule has 0 radical (unpaired) electrons. The minimum absolute atomic E-state index is 0.0396. The lowest BCUT2D eigenvalue weighted by Gasteiger charge is -2.16. The van der Waals surface area contributed by atoms with Gasteiger partial charge in [0.1, 0.15) is 72.6 Å². The minimum Gasteiger partial charge on any atom is -0.507 e. The quantitative estimate of drug-likeness (QED) is 0.0369. The topological polar surface area (TPSA) is 203 Å². The third-order valence-electron chi connectivity index (χ3n) is 8.61. The summed E-state index contributed by atoms with van der Waals surface area (Å²) < 4.78 is 33.5. The van der Waals surface area contributed by atoms with Crippen molar-refractivity contribution in [2.24, 2.45) is 0 Å². The standard InChI is InChI=1S/C43H58N2O12/c1-4-7-16-52-23-29(46)26-55-32-10-13-35(40(49)19-32)38-22-39(36-14-11-33(20-41(36)50)56-27-30(47)24-53-17-8-5-2)45-43(44-38)37-15-12-34(21-42(37)51)57-28-31(48)25-54-18-9-6-3/h10-15,19-22,29-31,46-51H,4-9,16-18,23-28H2,1-3H3. The van der Waals surface area contributed by atoms with Gasteiger partial charge in [0.25, 0.3) is 0 Å². The molecule has 0 aliphatic rings. The van der Waals surface area contributed by atoms with E-state index in [-0.39, 0.29) is 79.7 Å². The molecule has 3 aromatic carbocycles. The fraction of sp³-hybridized carbons (Fsp3) is 0.488. The van der Waals surface area contributed by atoms with Crippen molar-refractivity contribution in [3.63, 3.8) is 0 Å². The molecule has 57 heavy (non-hydrogen) atoms. The Bertz CT molecular complexity index is 1580. The number of aromatic hydroxyl groups is 3. The zero-order valence-electron chi connectivity index (χ0n) is 33.1. The third-order valence-corrected chi connectivity index (χ3v) is 8.61. The van der Waals surface area contributed by atoms with Crippen molar-refractivity contribution in [3.8, 4) is 68.4 Å². The normalized spacial score (nSPS) is 12.9. The first-order valence-electron chi connectivity index (χ1n) is 19.7. The average molecular weight is 795 g/mol. The number of nitrogens with zero attached hydrogens (tertiary/aromatic N) is 2. The number of hydrogen-bond donors (Lipinski definition) is 6. The van der Waals surface area contributed by atoms with Gasteiger partial charge in [0.2, 0.25) is 0 Å². The summed E-state index contributed by atoms with van der Waals surface area (Å²) in [5, 5.41) is 64.2. The Morgan fingerprint density at radius 3 is 1.11 bits per heavy atom. The van der Waals surface area contributed by atoms with Gasteiger partial charge in [0.05, 0.1) is 36.8 Å². The van der Waals surface area contributed by atoms with E-state index in [1.807, 2.05) is 0 Å². The highest BCUT2D eigenvalue weighted by Crippen LogP contribution is 2.39. The average Bonchev–Trinajstić information content (AvgIpc) is 3.20. The molecule has 0 saturated heterocycles. The van der Waals surface area contributed by atoms with Crippen LogP contribution >= 0.6 is 0 Å². The number of hydrogen-bond acceptors (Lipinski definition) is 14. The van der Waals surface area contributed by atoms with Crippen LogP contribution < -0.4 is 14.2 Å². The predicted molar refractivity (Wildman–Crippen MR) is 215 cm³/mol. The van der Waals surface area contributed by atoms with E-state index in [2.05, 4.69) is 30.7 Å². The summed E-state index contributed by atoms with van der Waals surface area (Å²) in [6, 6.07) is 15.4. The van der Waals surface area contributed by atoms with E-state index < -0.39 is 18.3 Å². The molecule has 312 valence electrons. The summed E-state index contributed by atoms with van der Waals surface area (Å²) in [5.74, 6) is 0.453. The highest BCUT2D eigenvalue weighted by atomic mass is 16.5. The smallest absolute Gasteiger partial charge is 0.164 e. The second-order valence-corrected chi connectivity index (χ2v) is 13.7. The van der Waals surface area contributed by atoms with Crippen molar-refractivity contribution in [2.75, 3.05) is 59.5 Å². The summed E-state index contributed by atoms with van der Waals surface area (Å²) in [4.78, 5) is 9.37. The number of phenolic OH excluding ortho intramolecular Hbond substituents is 3. The van der Waals surface area contributed by atoms with Crippen LogP contribution in [-0.2, 0) is 14.2 Å². The Hall–Kier alpha value is -4.70. The van der Waals surface area contributed by atoms with E-state index in [1.165, 1.54) is 18.2 Å². The number of rotatable bonds is 27. The number of ether oxygens (including phenoxy) is 6.